The molecule has 0 atom stereocenters. The van der Waals surface area contributed by atoms with Crippen LogP contribution in [0.15, 0.2) is 25.3 Å². The molecule has 0 bridgehead atoms. The highest BCUT2D eigenvalue weighted by Crippen LogP contribution is 2.04. The van der Waals surface area contributed by atoms with Gasteiger partial charge in [-0.1, -0.05) is 13.2 Å². The molecule has 6 nitrogen and oxygen atoms in total. The summed E-state index contributed by atoms with van der Waals surface area (Å²) in [7, 11) is 6.60. The van der Waals surface area contributed by atoms with Gasteiger partial charge in [-0.05, 0) is 51.6 Å². The number of hydrogen-bond donors (Lipinski definition) is 2. The third-order valence-corrected chi connectivity index (χ3v) is 4.18. The third kappa shape index (κ3) is 14.4. The molecule has 0 aliphatic heterocycles. The summed E-state index contributed by atoms with van der Waals surface area (Å²) in [5.74, 6) is -0.205. The van der Waals surface area contributed by atoms with Gasteiger partial charge in [-0.15, -0.1) is 0 Å². The lowest BCUT2D eigenvalue weighted by molar-refractivity contribution is -0.890. The first-order chi connectivity index (χ1) is 11.8. The van der Waals surface area contributed by atoms with Crippen LogP contribution in [0.4, 0.5) is 0 Å². The maximum atomic E-state index is 11.1. The van der Waals surface area contributed by atoms with Crippen molar-refractivity contribution >= 4 is 11.8 Å². The fourth-order valence-electron chi connectivity index (χ4n) is 2.57. The first-order valence-electron chi connectivity index (χ1n) is 9.12. The molecule has 0 saturated heterocycles. The topological polar surface area (TPSA) is 61.4 Å². The Balaban J connectivity index is 3.66. The van der Waals surface area contributed by atoms with E-state index in [0.717, 1.165) is 43.5 Å². The molecule has 0 heterocycles. The Morgan fingerprint density at radius 1 is 0.880 bits per heavy atom. The number of nitrogens with zero attached hydrogens (tertiary/aromatic N) is 2. The Morgan fingerprint density at radius 3 is 1.92 bits per heavy atom. The first kappa shape index (κ1) is 23.3. The Bertz CT molecular complexity index is 422. The molecular formula is C19H37N4O2+. The average Bonchev–Trinajstić information content (AvgIpc) is 2.58. The van der Waals surface area contributed by atoms with Gasteiger partial charge < -0.3 is 20.0 Å². The second-order valence-corrected chi connectivity index (χ2v) is 7.09. The van der Waals surface area contributed by atoms with E-state index in [9.17, 15) is 9.59 Å². The number of amides is 2. The van der Waals surface area contributed by atoms with Crippen LogP contribution in [0.5, 0.6) is 0 Å². The average molecular weight is 354 g/mol. The number of nitrogens with one attached hydrogen (secondary N) is 2. The number of carbonyl (C=O) groups excluding carboxylic acids is 2. The summed E-state index contributed by atoms with van der Waals surface area (Å²) >= 11 is 0. The normalized spacial score (nSPS) is 11.2. The molecule has 0 unspecified atom stereocenters. The summed E-state index contributed by atoms with van der Waals surface area (Å²) in [4.78, 5) is 24.4. The lowest BCUT2D eigenvalue weighted by Gasteiger charge is -2.30. The van der Waals surface area contributed by atoms with E-state index in [0.29, 0.717) is 13.1 Å². The summed E-state index contributed by atoms with van der Waals surface area (Å²) in [6.45, 7) is 12.5. The lowest BCUT2D eigenvalue weighted by atomic mass is 10.2. The standard InChI is InChI=1S/C19H36N4O2/c1-6-18(24)20-12-10-15-22(3)14-8-9-16-23(4,5)17-11-13-21-19(25)7-2/h6-7H,1-2,8-17H2,3-5H3,(H-,20,21,24,25)/p+1. The quantitative estimate of drug-likeness (QED) is 0.264. The van der Waals surface area contributed by atoms with Crippen molar-refractivity contribution in [3.8, 4) is 0 Å². The highest BCUT2D eigenvalue weighted by molar-refractivity contribution is 5.87. The number of rotatable bonds is 15. The van der Waals surface area contributed by atoms with E-state index in [-0.39, 0.29) is 11.8 Å². The smallest absolute Gasteiger partial charge is 0.243 e. The Kier molecular flexibility index (Phi) is 12.7. The van der Waals surface area contributed by atoms with E-state index in [1.165, 1.54) is 25.0 Å². The van der Waals surface area contributed by atoms with Crippen LogP contribution in [0.2, 0.25) is 0 Å². The summed E-state index contributed by atoms with van der Waals surface area (Å²) in [5, 5.41) is 5.61. The molecule has 2 N–H and O–H groups in total. The summed E-state index contributed by atoms with van der Waals surface area (Å²) < 4.78 is 0.973. The number of carbonyl (C=O) groups is 2. The van der Waals surface area contributed by atoms with Gasteiger partial charge in [-0.2, -0.15) is 0 Å². The highest BCUT2D eigenvalue weighted by atomic mass is 16.2. The molecule has 0 aromatic carbocycles. The van der Waals surface area contributed by atoms with Gasteiger partial charge in [-0.3, -0.25) is 9.59 Å². The Morgan fingerprint density at radius 2 is 1.36 bits per heavy atom. The Labute approximate surface area is 153 Å². The molecule has 0 aromatic rings. The van der Waals surface area contributed by atoms with Crippen LogP contribution >= 0.6 is 0 Å². The SMILES string of the molecule is C=CC(=O)NCCCN(C)CCCC[N+](C)(C)CCCNC(=O)C=C. The Hall–Kier alpha value is -1.66. The zero-order chi connectivity index (χ0) is 19.1. The summed E-state index contributed by atoms with van der Waals surface area (Å²) in [6, 6.07) is 0. The van der Waals surface area contributed by atoms with Crippen molar-refractivity contribution in [2.75, 3.05) is 60.4 Å². The van der Waals surface area contributed by atoms with E-state index < -0.39 is 0 Å². The van der Waals surface area contributed by atoms with Gasteiger partial charge in [0.15, 0.2) is 0 Å². The van der Waals surface area contributed by atoms with Crippen molar-refractivity contribution in [2.45, 2.75) is 25.7 Å². The predicted molar refractivity (Wildman–Crippen MR) is 104 cm³/mol. The molecule has 2 amide bonds. The molecule has 0 aliphatic rings. The maximum Gasteiger partial charge on any atom is 0.243 e. The molecular weight excluding hydrogens is 316 g/mol. The first-order valence-corrected chi connectivity index (χ1v) is 9.12. The van der Waals surface area contributed by atoms with Gasteiger partial charge in [-0.25, -0.2) is 0 Å². The molecule has 0 fully saturated rings. The molecule has 144 valence electrons. The van der Waals surface area contributed by atoms with Crippen molar-refractivity contribution in [3.05, 3.63) is 25.3 Å². The van der Waals surface area contributed by atoms with Crippen LogP contribution in [0, 0.1) is 0 Å². The van der Waals surface area contributed by atoms with Gasteiger partial charge >= 0.3 is 0 Å². The van der Waals surface area contributed by atoms with Crippen LogP contribution in [0.1, 0.15) is 25.7 Å². The molecule has 0 radical (unpaired) electrons. The largest absolute Gasteiger partial charge is 0.353 e. The fourth-order valence-corrected chi connectivity index (χ4v) is 2.57. The molecule has 0 saturated carbocycles. The van der Waals surface area contributed by atoms with Crippen molar-refractivity contribution in [1.29, 1.82) is 0 Å². The van der Waals surface area contributed by atoms with Crippen molar-refractivity contribution in [2.24, 2.45) is 0 Å². The predicted octanol–water partition coefficient (Wildman–Crippen LogP) is 1.16. The second kappa shape index (κ2) is 13.6. The fraction of sp³-hybridized carbons (Fsp3) is 0.684. The van der Waals surface area contributed by atoms with Gasteiger partial charge in [0.05, 0.1) is 27.2 Å². The second-order valence-electron chi connectivity index (χ2n) is 7.09. The molecule has 0 aromatic heterocycles. The van der Waals surface area contributed by atoms with Crippen LogP contribution in [0.25, 0.3) is 0 Å². The van der Waals surface area contributed by atoms with E-state index in [1.54, 1.807) is 0 Å². The lowest BCUT2D eigenvalue weighted by Crippen LogP contribution is -2.42. The zero-order valence-electron chi connectivity index (χ0n) is 16.4. The monoisotopic (exact) mass is 353 g/mol. The third-order valence-electron chi connectivity index (χ3n) is 4.18. The zero-order valence-corrected chi connectivity index (χ0v) is 16.4. The van der Waals surface area contributed by atoms with Gasteiger partial charge in [0.2, 0.25) is 11.8 Å². The molecule has 0 spiro atoms. The van der Waals surface area contributed by atoms with E-state index in [1.807, 2.05) is 0 Å². The number of quaternary nitrogens is 1. The number of unbranched alkanes of at least 4 members (excludes halogenated alkanes) is 1. The molecule has 25 heavy (non-hydrogen) atoms. The minimum atomic E-state index is -0.105. The van der Waals surface area contributed by atoms with Crippen molar-refractivity contribution in [3.63, 3.8) is 0 Å². The van der Waals surface area contributed by atoms with Gasteiger partial charge in [0.1, 0.15) is 0 Å². The van der Waals surface area contributed by atoms with E-state index in [4.69, 9.17) is 0 Å². The van der Waals surface area contributed by atoms with Crippen molar-refractivity contribution < 1.29 is 14.1 Å². The molecule has 0 rings (SSSR count). The van der Waals surface area contributed by atoms with E-state index in [2.05, 4.69) is 49.8 Å². The minimum absolute atomic E-state index is 0.0996. The van der Waals surface area contributed by atoms with E-state index >= 15 is 0 Å². The maximum absolute atomic E-state index is 11.1. The van der Waals surface area contributed by atoms with Crippen LogP contribution in [0.3, 0.4) is 0 Å². The molecule has 0 aliphatic carbocycles. The molecule has 6 heteroatoms. The summed E-state index contributed by atoms with van der Waals surface area (Å²) in [5.41, 5.74) is 0. The highest BCUT2D eigenvalue weighted by Gasteiger charge is 2.14. The van der Waals surface area contributed by atoms with Crippen LogP contribution in [-0.2, 0) is 9.59 Å². The van der Waals surface area contributed by atoms with Gasteiger partial charge in [0.25, 0.3) is 0 Å². The van der Waals surface area contributed by atoms with Crippen LogP contribution in [-0.4, -0.2) is 81.6 Å². The minimum Gasteiger partial charge on any atom is -0.353 e. The number of hydrogen-bond acceptors (Lipinski definition) is 3. The van der Waals surface area contributed by atoms with Crippen LogP contribution < -0.4 is 10.6 Å². The summed E-state index contributed by atoms with van der Waals surface area (Å²) in [6.07, 6.45) is 6.89. The van der Waals surface area contributed by atoms with Gasteiger partial charge in [0, 0.05) is 19.5 Å². The van der Waals surface area contributed by atoms with Crippen molar-refractivity contribution in [1.82, 2.24) is 15.5 Å².